The molecule has 1 fully saturated rings. The number of hydrogen-bond acceptors (Lipinski definition) is 5. The van der Waals surface area contributed by atoms with Crippen molar-refractivity contribution in [1.82, 2.24) is 10.2 Å². The first-order valence-electron chi connectivity index (χ1n) is 12.1. The molecule has 3 N–H and O–H groups in total. The molecule has 34 heavy (non-hydrogen) atoms. The number of likely N-dealkylation sites (N-methyl/N-ethyl adjacent to an activating group) is 1. The van der Waals surface area contributed by atoms with Crippen LogP contribution < -0.4 is 10.1 Å². The topological polar surface area (TPSA) is 82.0 Å². The molecule has 6 heteroatoms. The largest absolute Gasteiger partial charge is 0.483 e. The van der Waals surface area contributed by atoms with Crippen LogP contribution in [-0.4, -0.2) is 60.4 Å². The number of carbonyl (C=O) groups excluding carboxylic acids is 1. The lowest BCUT2D eigenvalue weighted by atomic mass is 10.0. The molecule has 6 nitrogen and oxygen atoms in total. The second-order valence-corrected chi connectivity index (χ2v) is 8.77. The van der Waals surface area contributed by atoms with Crippen LogP contribution in [0.15, 0.2) is 36.4 Å². The van der Waals surface area contributed by atoms with E-state index in [0.29, 0.717) is 6.04 Å². The quantitative estimate of drug-likeness (QED) is 0.606. The number of piperidine rings is 1. The summed E-state index contributed by atoms with van der Waals surface area (Å²) >= 11 is 0. The van der Waals surface area contributed by atoms with Crippen LogP contribution >= 0.6 is 0 Å². The van der Waals surface area contributed by atoms with E-state index in [4.69, 9.17) is 14.9 Å². The molecule has 0 spiro atoms. The predicted molar refractivity (Wildman–Crippen MR) is 139 cm³/mol. The Morgan fingerprint density at radius 1 is 1.09 bits per heavy atom. The summed E-state index contributed by atoms with van der Waals surface area (Å²) in [6.45, 7) is 14.0. The monoisotopic (exact) mass is 472 g/mol. The summed E-state index contributed by atoms with van der Waals surface area (Å²) < 4.78 is 5.90. The number of rotatable bonds is 5. The molecular weight excluding hydrogens is 428 g/mol. The fourth-order valence-corrected chi connectivity index (χ4v) is 3.76. The average molecular weight is 473 g/mol. The Morgan fingerprint density at radius 3 is 2.03 bits per heavy atom. The molecule has 0 saturated carbocycles. The standard InChI is InChI=1S/C18H28N2O2.C8H10O.C2H6O/c1-12-10-13(2)15(4)18(14(12)3)22-11-17(21)20(5)16-6-8-19-9-7-16;1-7(9)8-5-3-2-4-6-8;1-2-3/h10,16,19H,6-9,11H2,1-5H3;2-7,9H,1H3;3H,2H2,1H3. The van der Waals surface area contributed by atoms with Crippen molar-refractivity contribution in [1.29, 1.82) is 0 Å². The third-order valence-corrected chi connectivity index (χ3v) is 6.17. The van der Waals surface area contributed by atoms with Crippen LogP contribution in [0.3, 0.4) is 0 Å². The van der Waals surface area contributed by atoms with Crippen LogP contribution in [0.25, 0.3) is 0 Å². The highest BCUT2D eigenvalue weighted by Crippen LogP contribution is 2.29. The molecule has 0 bridgehead atoms. The number of aliphatic hydroxyl groups excluding tert-OH is 2. The Hall–Kier alpha value is -2.41. The van der Waals surface area contributed by atoms with E-state index in [1.807, 2.05) is 42.3 Å². The summed E-state index contributed by atoms with van der Waals surface area (Å²) in [5, 5.41) is 19.9. The molecule has 1 aliphatic heterocycles. The minimum Gasteiger partial charge on any atom is -0.483 e. The van der Waals surface area contributed by atoms with E-state index in [1.54, 1.807) is 13.8 Å². The molecule has 190 valence electrons. The molecule has 0 radical (unpaired) electrons. The summed E-state index contributed by atoms with van der Waals surface area (Å²) in [5.41, 5.74) is 5.63. The van der Waals surface area contributed by atoms with Gasteiger partial charge < -0.3 is 25.2 Å². The Kier molecular flexibility index (Phi) is 13.5. The van der Waals surface area contributed by atoms with Crippen molar-refractivity contribution in [3.63, 3.8) is 0 Å². The highest BCUT2D eigenvalue weighted by atomic mass is 16.5. The van der Waals surface area contributed by atoms with Crippen molar-refractivity contribution in [2.24, 2.45) is 0 Å². The molecule has 1 saturated heterocycles. The van der Waals surface area contributed by atoms with Crippen molar-refractivity contribution in [3.8, 4) is 5.75 Å². The van der Waals surface area contributed by atoms with Gasteiger partial charge in [0.25, 0.3) is 5.91 Å². The fraction of sp³-hybridized carbons (Fsp3) is 0.536. The van der Waals surface area contributed by atoms with Crippen molar-refractivity contribution >= 4 is 5.91 Å². The zero-order valence-corrected chi connectivity index (χ0v) is 22.0. The number of hydrogen-bond donors (Lipinski definition) is 3. The number of aliphatic hydroxyl groups is 2. The number of amides is 1. The van der Waals surface area contributed by atoms with Gasteiger partial charge in [0.05, 0.1) is 6.10 Å². The molecule has 0 aromatic heterocycles. The smallest absolute Gasteiger partial charge is 0.260 e. The van der Waals surface area contributed by atoms with Gasteiger partial charge in [-0.05, 0) is 95.3 Å². The first-order chi connectivity index (χ1) is 16.1. The van der Waals surface area contributed by atoms with Gasteiger partial charge in [0.1, 0.15) is 5.75 Å². The second-order valence-electron chi connectivity index (χ2n) is 8.77. The first-order valence-corrected chi connectivity index (χ1v) is 12.1. The number of ether oxygens (including phenoxy) is 1. The number of nitrogens with one attached hydrogen (secondary N) is 1. The Bertz CT molecular complexity index is 836. The van der Waals surface area contributed by atoms with E-state index in [1.165, 1.54) is 11.1 Å². The zero-order valence-electron chi connectivity index (χ0n) is 22.0. The van der Waals surface area contributed by atoms with Crippen LogP contribution in [0.5, 0.6) is 5.75 Å². The number of carbonyl (C=O) groups is 1. The molecule has 3 rings (SSSR count). The van der Waals surface area contributed by atoms with Gasteiger partial charge in [-0.2, -0.15) is 0 Å². The molecular formula is C28H44N2O4. The van der Waals surface area contributed by atoms with Crippen LogP contribution in [0.1, 0.15) is 60.6 Å². The normalized spacial score (nSPS) is 14.1. The van der Waals surface area contributed by atoms with Crippen LogP contribution in [0, 0.1) is 27.7 Å². The minimum absolute atomic E-state index is 0.0601. The van der Waals surface area contributed by atoms with E-state index in [9.17, 15) is 4.79 Å². The van der Waals surface area contributed by atoms with Gasteiger partial charge in [0, 0.05) is 19.7 Å². The molecule has 0 aliphatic carbocycles. The van der Waals surface area contributed by atoms with E-state index in [0.717, 1.165) is 48.4 Å². The van der Waals surface area contributed by atoms with E-state index in [2.05, 4.69) is 39.1 Å². The summed E-state index contributed by atoms with van der Waals surface area (Å²) in [7, 11) is 1.89. The average Bonchev–Trinajstić information content (AvgIpc) is 2.84. The third-order valence-electron chi connectivity index (χ3n) is 6.17. The molecule has 1 aliphatic rings. The summed E-state index contributed by atoms with van der Waals surface area (Å²) in [6, 6.07) is 12.1. The molecule has 1 unspecified atom stereocenters. The summed E-state index contributed by atoms with van der Waals surface area (Å²) in [5.74, 6) is 0.925. The van der Waals surface area contributed by atoms with E-state index in [-0.39, 0.29) is 25.2 Å². The van der Waals surface area contributed by atoms with Crippen molar-refractivity contribution < 1.29 is 19.7 Å². The van der Waals surface area contributed by atoms with Crippen LogP contribution in [0.2, 0.25) is 0 Å². The van der Waals surface area contributed by atoms with Gasteiger partial charge in [-0.3, -0.25) is 4.79 Å². The molecule has 1 atom stereocenters. The Morgan fingerprint density at radius 2 is 1.59 bits per heavy atom. The summed E-state index contributed by atoms with van der Waals surface area (Å²) in [4.78, 5) is 14.2. The lowest BCUT2D eigenvalue weighted by Gasteiger charge is -2.31. The Balaban J connectivity index is 0.000000398. The highest BCUT2D eigenvalue weighted by molar-refractivity contribution is 5.78. The molecule has 2 aromatic carbocycles. The fourth-order valence-electron chi connectivity index (χ4n) is 3.76. The number of nitrogens with zero attached hydrogens (tertiary/aromatic N) is 1. The molecule has 2 aromatic rings. The van der Waals surface area contributed by atoms with Crippen LogP contribution in [-0.2, 0) is 4.79 Å². The van der Waals surface area contributed by atoms with Crippen LogP contribution in [0.4, 0.5) is 0 Å². The molecule has 1 amide bonds. The second kappa shape index (κ2) is 15.5. The van der Waals surface area contributed by atoms with Gasteiger partial charge in [-0.25, -0.2) is 0 Å². The van der Waals surface area contributed by atoms with E-state index >= 15 is 0 Å². The summed E-state index contributed by atoms with van der Waals surface area (Å²) in [6.07, 6.45) is 1.69. The maximum atomic E-state index is 12.4. The first kappa shape index (κ1) is 29.6. The molecule has 1 heterocycles. The van der Waals surface area contributed by atoms with Gasteiger partial charge in [0.15, 0.2) is 6.61 Å². The lowest BCUT2D eigenvalue weighted by Crippen LogP contribution is -2.45. The van der Waals surface area contributed by atoms with Gasteiger partial charge in [-0.1, -0.05) is 36.4 Å². The predicted octanol–water partition coefficient (Wildman–Crippen LogP) is 4.25. The zero-order chi connectivity index (χ0) is 25.7. The maximum Gasteiger partial charge on any atom is 0.260 e. The van der Waals surface area contributed by atoms with Gasteiger partial charge in [-0.15, -0.1) is 0 Å². The number of aryl methyl sites for hydroxylation is 2. The third kappa shape index (κ3) is 9.45. The van der Waals surface area contributed by atoms with Crippen molar-refractivity contribution in [2.75, 3.05) is 33.4 Å². The van der Waals surface area contributed by atoms with Gasteiger partial charge >= 0.3 is 0 Å². The van der Waals surface area contributed by atoms with Crippen molar-refractivity contribution in [2.45, 2.75) is 66.5 Å². The highest BCUT2D eigenvalue weighted by Gasteiger charge is 2.22. The van der Waals surface area contributed by atoms with Crippen molar-refractivity contribution in [3.05, 3.63) is 64.2 Å². The Labute approximate surface area is 206 Å². The minimum atomic E-state index is -0.341. The maximum absolute atomic E-state index is 12.4. The van der Waals surface area contributed by atoms with Gasteiger partial charge in [0.2, 0.25) is 0 Å². The SMILES string of the molecule is CC(O)c1ccccc1.CCO.Cc1cc(C)c(C)c(OCC(=O)N(C)C2CCNCC2)c1C. The number of benzene rings is 2. The van der Waals surface area contributed by atoms with E-state index < -0.39 is 0 Å². The lowest BCUT2D eigenvalue weighted by molar-refractivity contribution is -0.134.